The highest BCUT2D eigenvalue weighted by molar-refractivity contribution is 7.13. The van der Waals surface area contributed by atoms with E-state index >= 15 is 0 Å². The molecule has 6 heteroatoms. The van der Waals surface area contributed by atoms with Crippen molar-refractivity contribution in [2.75, 3.05) is 18.4 Å². The predicted molar refractivity (Wildman–Crippen MR) is 96.5 cm³/mol. The summed E-state index contributed by atoms with van der Waals surface area (Å²) in [6.07, 6.45) is 2.09. The Morgan fingerprint density at radius 3 is 2.71 bits per heavy atom. The molecule has 128 valence electrons. The number of hydrogen-bond donors (Lipinski definition) is 1. The SMILES string of the molecule is Cc1ncc(C(=O)Nc2ccccc2CN2CC(C)OC(C)C2)s1. The van der Waals surface area contributed by atoms with Crippen molar-refractivity contribution in [3.63, 3.8) is 0 Å². The second kappa shape index (κ2) is 7.42. The lowest BCUT2D eigenvalue weighted by molar-refractivity contribution is -0.0704. The first-order chi connectivity index (χ1) is 11.5. The molecule has 2 unspecified atom stereocenters. The van der Waals surface area contributed by atoms with E-state index < -0.39 is 0 Å². The number of amides is 1. The molecular formula is C18H23N3O2S. The lowest BCUT2D eigenvalue weighted by Gasteiger charge is -2.35. The molecule has 0 bridgehead atoms. The third kappa shape index (κ3) is 4.20. The fourth-order valence-corrected chi connectivity index (χ4v) is 3.76. The highest BCUT2D eigenvalue weighted by Gasteiger charge is 2.23. The van der Waals surface area contributed by atoms with Gasteiger partial charge in [0.1, 0.15) is 4.88 Å². The van der Waals surface area contributed by atoms with Crippen LogP contribution >= 0.6 is 11.3 Å². The Balaban J connectivity index is 1.72. The Labute approximate surface area is 146 Å². The molecule has 1 amide bonds. The first-order valence-corrected chi connectivity index (χ1v) is 9.02. The van der Waals surface area contributed by atoms with Crippen LogP contribution in [-0.2, 0) is 11.3 Å². The first-order valence-electron chi connectivity index (χ1n) is 8.21. The number of carbonyl (C=O) groups is 1. The summed E-state index contributed by atoms with van der Waals surface area (Å²) in [4.78, 5) is 19.6. The maximum Gasteiger partial charge on any atom is 0.267 e. The molecule has 0 radical (unpaired) electrons. The maximum absolute atomic E-state index is 12.4. The van der Waals surface area contributed by atoms with Crippen molar-refractivity contribution in [3.05, 3.63) is 45.9 Å². The van der Waals surface area contributed by atoms with Gasteiger partial charge in [-0.3, -0.25) is 9.69 Å². The van der Waals surface area contributed by atoms with E-state index in [2.05, 4.69) is 35.1 Å². The molecule has 1 aromatic carbocycles. The van der Waals surface area contributed by atoms with Gasteiger partial charge in [-0.2, -0.15) is 0 Å². The molecule has 24 heavy (non-hydrogen) atoms. The Morgan fingerprint density at radius 2 is 2.04 bits per heavy atom. The monoisotopic (exact) mass is 345 g/mol. The zero-order valence-electron chi connectivity index (χ0n) is 14.3. The van der Waals surface area contributed by atoms with E-state index in [1.807, 2.05) is 25.1 Å². The number of para-hydroxylation sites is 1. The van der Waals surface area contributed by atoms with Gasteiger partial charge in [-0.25, -0.2) is 4.98 Å². The minimum atomic E-state index is -0.100. The fourth-order valence-electron chi connectivity index (χ4n) is 3.08. The third-order valence-corrected chi connectivity index (χ3v) is 4.91. The van der Waals surface area contributed by atoms with Crippen molar-refractivity contribution in [3.8, 4) is 0 Å². The molecule has 2 atom stereocenters. The molecule has 2 aromatic rings. The summed E-state index contributed by atoms with van der Waals surface area (Å²) in [5.41, 5.74) is 1.98. The van der Waals surface area contributed by atoms with Crippen LogP contribution in [0.15, 0.2) is 30.5 Å². The van der Waals surface area contributed by atoms with E-state index in [0.29, 0.717) is 4.88 Å². The van der Waals surface area contributed by atoms with Gasteiger partial charge in [-0.05, 0) is 32.4 Å². The zero-order chi connectivity index (χ0) is 17.1. The van der Waals surface area contributed by atoms with Crippen molar-refractivity contribution in [2.45, 2.75) is 39.5 Å². The fraction of sp³-hybridized carbons (Fsp3) is 0.444. The summed E-state index contributed by atoms with van der Waals surface area (Å²) < 4.78 is 5.79. The molecule has 3 rings (SSSR count). The number of aryl methyl sites for hydroxylation is 1. The number of thiazole rings is 1. The average molecular weight is 345 g/mol. The highest BCUT2D eigenvalue weighted by Crippen LogP contribution is 2.22. The van der Waals surface area contributed by atoms with Crippen molar-refractivity contribution in [1.82, 2.24) is 9.88 Å². The maximum atomic E-state index is 12.4. The number of anilines is 1. The van der Waals surface area contributed by atoms with Gasteiger partial charge >= 0.3 is 0 Å². The molecule has 1 aliphatic rings. The van der Waals surface area contributed by atoms with Crippen LogP contribution in [0.4, 0.5) is 5.69 Å². The molecule has 1 aliphatic heterocycles. The molecular weight excluding hydrogens is 322 g/mol. The number of morpholine rings is 1. The van der Waals surface area contributed by atoms with Crippen LogP contribution in [0.3, 0.4) is 0 Å². The number of ether oxygens (including phenoxy) is 1. The predicted octanol–water partition coefficient (Wildman–Crippen LogP) is 3.31. The summed E-state index contributed by atoms with van der Waals surface area (Å²) in [6, 6.07) is 7.98. The Bertz CT molecular complexity index is 706. The summed E-state index contributed by atoms with van der Waals surface area (Å²) in [7, 11) is 0. The number of aromatic nitrogens is 1. The van der Waals surface area contributed by atoms with Gasteiger partial charge in [0, 0.05) is 25.3 Å². The summed E-state index contributed by atoms with van der Waals surface area (Å²) >= 11 is 1.41. The molecule has 0 spiro atoms. The Morgan fingerprint density at radius 1 is 1.33 bits per heavy atom. The summed E-state index contributed by atoms with van der Waals surface area (Å²) in [6.45, 7) is 8.71. The van der Waals surface area contributed by atoms with Crippen LogP contribution < -0.4 is 5.32 Å². The average Bonchev–Trinajstić information content (AvgIpc) is 2.95. The third-order valence-electron chi connectivity index (χ3n) is 4.00. The molecule has 5 nitrogen and oxygen atoms in total. The number of hydrogen-bond acceptors (Lipinski definition) is 5. The second-order valence-electron chi connectivity index (χ2n) is 6.31. The number of rotatable bonds is 4. The quantitative estimate of drug-likeness (QED) is 0.924. The van der Waals surface area contributed by atoms with E-state index in [0.717, 1.165) is 35.9 Å². The van der Waals surface area contributed by atoms with E-state index in [4.69, 9.17) is 4.74 Å². The summed E-state index contributed by atoms with van der Waals surface area (Å²) in [5.74, 6) is -0.100. The second-order valence-corrected chi connectivity index (χ2v) is 7.54. The molecule has 1 aromatic heterocycles. The van der Waals surface area contributed by atoms with Gasteiger partial charge in [-0.1, -0.05) is 18.2 Å². The first kappa shape index (κ1) is 17.1. The lowest BCUT2D eigenvalue weighted by Crippen LogP contribution is -2.44. The van der Waals surface area contributed by atoms with Crippen molar-refractivity contribution in [2.24, 2.45) is 0 Å². The van der Waals surface area contributed by atoms with E-state index in [9.17, 15) is 4.79 Å². The van der Waals surface area contributed by atoms with E-state index in [1.54, 1.807) is 6.20 Å². The van der Waals surface area contributed by atoms with Crippen LogP contribution in [0.25, 0.3) is 0 Å². The standard InChI is InChI=1S/C18H23N3O2S/c1-12-9-21(10-13(2)23-12)11-15-6-4-5-7-16(15)20-18(22)17-8-19-14(3)24-17/h4-8,12-13H,9-11H2,1-3H3,(H,20,22). The molecule has 0 saturated carbocycles. The Hall–Kier alpha value is -1.76. The Kier molecular flexibility index (Phi) is 5.28. The van der Waals surface area contributed by atoms with Gasteiger partial charge in [-0.15, -0.1) is 11.3 Å². The molecule has 1 fully saturated rings. The molecule has 1 saturated heterocycles. The topological polar surface area (TPSA) is 54.5 Å². The highest BCUT2D eigenvalue weighted by atomic mass is 32.1. The largest absolute Gasteiger partial charge is 0.373 e. The van der Waals surface area contributed by atoms with Crippen LogP contribution in [0.5, 0.6) is 0 Å². The zero-order valence-corrected chi connectivity index (χ0v) is 15.1. The number of nitrogens with zero attached hydrogens (tertiary/aromatic N) is 2. The normalized spacial score (nSPS) is 21.6. The molecule has 2 heterocycles. The van der Waals surface area contributed by atoms with Crippen LogP contribution in [0.1, 0.15) is 34.1 Å². The molecule has 1 N–H and O–H groups in total. The number of carbonyl (C=O) groups excluding carboxylic acids is 1. The van der Waals surface area contributed by atoms with Crippen LogP contribution in [-0.4, -0.2) is 41.1 Å². The van der Waals surface area contributed by atoms with E-state index in [-0.39, 0.29) is 18.1 Å². The van der Waals surface area contributed by atoms with Gasteiger partial charge in [0.15, 0.2) is 0 Å². The minimum Gasteiger partial charge on any atom is -0.373 e. The number of benzene rings is 1. The van der Waals surface area contributed by atoms with Gasteiger partial charge in [0.2, 0.25) is 0 Å². The van der Waals surface area contributed by atoms with Gasteiger partial charge < -0.3 is 10.1 Å². The van der Waals surface area contributed by atoms with Gasteiger partial charge in [0.05, 0.1) is 23.4 Å². The van der Waals surface area contributed by atoms with E-state index in [1.165, 1.54) is 11.3 Å². The minimum absolute atomic E-state index is 0.100. The van der Waals surface area contributed by atoms with Crippen LogP contribution in [0, 0.1) is 6.92 Å². The smallest absolute Gasteiger partial charge is 0.267 e. The van der Waals surface area contributed by atoms with Crippen molar-refractivity contribution < 1.29 is 9.53 Å². The van der Waals surface area contributed by atoms with Crippen LogP contribution in [0.2, 0.25) is 0 Å². The van der Waals surface area contributed by atoms with Crippen molar-refractivity contribution >= 4 is 22.9 Å². The lowest BCUT2D eigenvalue weighted by atomic mass is 10.1. The number of nitrogens with one attached hydrogen (secondary N) is 1. The molecule has 0 aliphatic carbocycles. The van der Waals surface area contributed by atoms with Crippen molar-refractivity contribution in [1.29, 1.82) is 0 Å². The summed E-state index contributed by atoms with van der Waals surface area (Å²) in [5, 5.41) is 3.92. The van der Waals surface area contributed by atoms with Gasteiger partial charge in [0.25, 0.3) is 5.91 Å².